The zero-order chi connectivity index (χ0) is 17.6. The van der Waals surface area contributed by atoms with Crippen LogP contribution < -0.4 is 10.1 Å². The molecule has 0 bridgehead atoms. The molecule has 2 N–H and O–H groups in total. The van der Waals surface area contributed by atoms with Gasteiger partial charge in [-0.1, -0.05) is 44.2 Å². The van der Waals surface area contributed by atoms with Gasteiger partial charge in [-0.25, -0.2) is 0 Å². The number of hydrogen-bond acceptors (Lipinski definition) is 2. The summed E-state index contributed by atoms with van der Waals surface area (Å²) in [5.74, 6) is 1.32. The third kappa shape index (κ3) is 4.41. The molecule has 0 atom stereocenters. The van der Waals surface area contributed by atoms with E-state index in [2.05, 4.69) is 36.3 Å². The standard InChI is InChI=1S/C21H24N2O2/c1-15(2)16-6-5-7-18(12-16)25-11-10-22-21(24)13-17-14-23-20-9-4-3-8-19(17)20/h3-9,12,14-15,23H,10-11,13H2,1-2H3,(H,22,24). The van der Waals surface area contributed by atoms with Gasteiger partial charge in [-0.3, -0.25) is 4.79 Å². The van der Waals surface area contributed by atoms with Crippen molar-refractivity contribution in [2.75, 3.05) is 13.2 Å². The summed E-state index contributed by atoms with van der Waals surface area (Å²) in [6.07, 6.45) is 2.27. The highest BCUT2D eigenvalue weighted by Gasteiger charge is 2.08. The molecule has 4 heteroatoms. The van der Waals surface area contributed by atoms with Gasteiger partial charge in [0.05, 0.1) is 13.0 Å². The highest BCUT2D eigenvalue weighted by molar-refractivity contribution is 5.88. The maximum Gasteiger partial charge on any atom is 0.224 e. The topological polar surface area (TPSA) is 54.1 Å². The van der Waals surface area contributed by atoms with Crippen LogP contribution in [-0.2, 0) is 11.2 Å². The molecule has 0 saturated carbocycles. The molecule has 2 aromatic carbocycles. The fraction of sp³-hybridized carbons (Fsp3) is 0.286. The van der Waals surface area contributed by atoms with E-state index in [1.54, 1.807) is 0 Å². The molecule has 0 spiro atoms. The molecule has 0 aliphatic carbocycles. The molecular weight excluding hydrogens is 312 g/mol. The molecule has 25 heavy (non-hydrogen) atoms. The molecule has 130 valence electrons. The van der Waals surface area contributed by atoms with Gasteiger partial charge in [-0.05, 0) is 35.2 Å². The molecule has 0 aliphatic heterocycles. The largest absolute Gasteiger partial charge is 0.492 e. The number of para-hydroxylation sites is 1. The van der Waals surface area contributed by atoms with Crippen LogP contribution in [0.1, 0.15) is 30.9 Å². The van der Waals surface area contributed by atoms with Gasteiger partial charge in [0, 0.05) is 17.1 Å². The predicted octanol–water partition coefficient (Wildman–Crippen LogP) is 4.03. The number of H-pyrrole nitrogens is 1. The summed E-state index contributed by atoms with van der Waals surface area (Å²) in [6, 6.07) is 16.1. The normalized spacial score (nSPS) is 11.0. The van der Waals surface area contributed by atoms with Crippen LogP contribution in [0.5, 0.6) is 5.75 Å². The van der Waals surface area contributed by atoms with Crippen molar-refractivity contribution in [3.63, 3.8) is 0 Å². The van der Waals surface area contributed by atoms with Crippen LogP contribution in [0.4, 0.5) is 0 Å². The van der Waals surface area contributed by atoms with Gasteiger partial charge in [-0.15, -0.1) is 0 Å². The van der Waals surface area contributed by atoms with E-state index in [0.29, 0.717) is 25.5 Å². The number of carbonyl (C=O) groups is 1. The predicted molar refractivity (Wildman–Crippen MR) is 101 cm³/mol. The summed E-state index contributed by atoms with van der Waals surface area (Å²) in [7, 11) is 0. The molecule has 0 fully saturated rings. The molecule has 3 aromatic rings. The minimum Gasteiger partial charge on any atom is -0.492 e. The Hall–Kier alpha value is -2.75. The zero-order valence-electron chi connectivity index (χ0n) is 14.7. The molecule has 1 heterocycles. The van der Waals surface area contributed by atoms with E-state index in [1.807, 2.05) is 42.6 Å². The Morgan fingerprint density at radius 2 is 2.00 bits per heavy atom. The van der Waals surface area contributed by atoms with E-state index in [0.717, 1.165) is 22.2 Å². The van der Waals surface area contributed by atoms with E-state index in [9.17, 15) is 4.79 Å². The molecule has 0 radical (unpaired) electrons. The summed E-state index contributed by atoms with van der Waals surface area (Å²) >= 11 is 0. The molecule has 0 aliphatic rings. The summed E-state index contributed by atoms with van der Waals surface area (Å²) in [5.41, 5.74) is 3.32. The average molecular weight is 336 g/mol. The van der Waals surface area contributed by atoms with E-state index in [-0.39, 0.29) is 5.91 Å². The number of aromatic nitrogens is 1. The van der Waals surface area contributed by atoms with Crippen molar-refractivity contribution in [1.29, 1.82) is 0 Å². The van der Waals surface area contributed by atoms with Gasteiger partial charge in [0.25, 0.3) is 0 Å². The quantitative estimate of drug-likeness (QED) is 0.640. The van der Waals surface area contributed by atoms with Crippen LogP contribution in [0, 0.1) is 0 Å². The second-order valence-electron chi connectivity index (χ2n) is 6.46. The second kappa shape index (κ2) is 7.88. The second-order valence-corrected chi connectivity index (χ2v) is 6.46. The zero-order valence-corrected chi connectivity index (χ0v) is 14.7. The summed E-state index contributed by atoms with van der Waals surface area (Å²) in [6.45, 7) is 5.27. The maximum absolute atomic E-state index is 12.1. The molecule has 1 aromatic heterocycles. The fourth-order valence-corrected chi connectivity index (χ4v) is 2.84. The Morgan fingerprint density at radius 1 is 1.16 bits per heavy atom. The van der Waals surface area contributed by atoms with Crippen molar-refractivity contribution >= 4 is 16.8 Å². The number of amides is 1. The summed E-state index contributed by atoms with van der Waals surface area (Å²) < 4.78 is 5.73. The van der Waals surface area contributed by atoms with Gasteiger partial charge in [0.2, 0.25) is 5.91 Å². The number of hydrogen-bond donors (Lipinski definition) is 2. The van der Waals surface area contributed by atoms with Crippen molar-refractivity contribution < 1.29 is 9.53 Å². The lowest BCUT2D eigenvalue weighted by Crippen LogP contribution is -2.29. The lowest BCUT2D eigenvalue weighted by atomic mass is 10.0. The number of ether oxygens (including phenoxy) is 1. The summed E-state index contributed by atoms with van der Waals surface area (Å²) in [5, 5.41) is 4.01. The van der Waals surface area contributed by atoms with Crippen LogP contribution in [0.2, 0.25) is 0 Å². The number of rotatable bonds is 7. The lowest BCUT2D eigenvalue weighted by Gasteiger charge is -2.10. The first-order valence-corrected chi connectivity index (χ1v) is 8.68. The fourth-order valence-electron chi connectivity index (χ4n) is 2.84. The molecule has 0 saturated heterocycles. The number of carbonyl (C=O) groups excluding carboxylic acids is 1. The first-order valence-electron chi connectivity index (χ1n) is 8.68. The monoisotopic (exact) mass is 336 g/mol. The highest BCUT2D eigenvalue weighted by Crippen LogP contribution is 2.20. The van der Waals surface area contributed by atoms with Crippen molar-refractivity contribution in [1.82, 2.24) is 10.3 Å². The van der Waals surface area contributed by atoms with Crippen molar-refractivity contribution in [2.45, 2.75) is 26.2 Å². The van der Waals surface area contributed by atoms with Crippen molar-refractivity contribution in [3.8, 4) is 5.75 Å². The first kappa shape index (κ1) is 17.1. The van der Waals surface area contributed by atoms with Crippen LogP contribution >= 0.6 is 0 Å². The van der Waals surface area contributed by atoms with E-state index in [1.165, 1.54) is 5.56 Å². The minimum atomic E-state index is 0.00397. The molecular formula is C21H24N2O2. The van der Waals surface area contributed by atoms with E-state index < -0.39 is 0 Å². The van der Waals surface area contributed by atoms with Gasteiger partial charge >= 0.3 is 0 Å². The number of aromatic amines is 1. The lowest BCUT2D eigenvalue weighted by molar-refractivity contribution is -0.120. The minimum absolute atomic E-state index is 0.00397. The van der Waals surface area contributed by atoms with Gasteiger partial charge in [-0.2, -0.15) is 0 Å². The third-order valence-corrected chi connectivity index (χ3v) is 4.24. The van der Waals surface area contributed by atoms with Crippen LogP contribution in [-0.4, -0.2) is 24.0 Å². The molecule has 4 nitrogen and oxygen atoms in total. The number of nitrogens with one attached hydrogen (secondary N) is 2. The SMILES string of the molecule is CC(C)c1cccc(OCCNC(=O)Cc2c[nH]c3ccccc23)c1. The maximum atomic E-state index is 12.1. The van der Waals surface area contributed by atoms with Gasteiger partial charge in [0.1, 0.15) is 12.4 Å². The Labute approximate surface area is 148 Å². The summed E-state index contributed by atoms with van der Waals surface area (Å²) in [4.78, 5) is 15.3. The average Bonchev–Trinajstić information content (AvgIpc) is 3.02. The van der Waals surface area contributed by atoms with E-state index in [4.69, 9.17) is 4.74 Å². The Morgan fingerprint density at radius 3 is 2.84 bits per heavy atom. The van der Waals surface area contributed by atoms with Crippen LogP contribution in [0.25, 0.3) is 10.9 Å². The number of benzene rings is 2. The first-order chi connectivity index (χ1) is 12.1. The molecule has 1 amide bonds. The van der Waals surface area contributed by atoms with Crippen LogP contribution in [0.3, 0.4) is 0 Å². The van der Waals surface area contributed by atoms with Crippen molar-refractivity contribution in [2.24, 2.45) is 0 Å². The highest BCUT2D eigenvalue weighted by atomic mass is 16.5. The van der Waals surface area contributed by atoms with Gasteiger partial charge in [0.15, 0.2) is 0 Å². The van der Waals surface area contributed by atoms with Gasteiger partial charge < -0.3 is 15.0 Å². The number of fused-ring (bicyclic) bond motifs is 1. The van der Waals surface area contributed by atoms with Crippen LogP contribution in [0.15, 0.2) is 54.7 Å². The van der Waals surface area contributed by atoms with E-state index >= 15 is 0 Å². The Bertz CT molecular complexity index is 852. The van der Waals surface area contributed by atoms with Crippen molar-refractivity contribution in [3.05, 3.63) is 65.9 Å². The molecule has 3 rings (SSSR count). The Kier molecular flexibility index (Phi) is 5.39. The third-order valence-electron chi connectivity index (χ3n) is 4.24. The Balaban J connectivity index is 1.46. The molecule has 0 unspecified atom stereocenters. The smallest absolute Gasteiger partial charge is 0.224 e.